The summed E-state index contributed by atoms with van der Waals surface area (Å²) in [4.78, 5) is 22.4. The monoisotopic (exact) mass is 322 g/mol. The third kappa shape index (κ3) is 7.54. The minimum Gasteiger partial charge on any atom is -0.493 e. The third-order valence-electron chi connectivity index (χ3n) is 3.37. The van der Waals surface area contributed by atoms with Crippen molar-refractivity contribution in [1.82, 2.24) is 10.6 Å². The summed E-state index contributed by atoms with van der Waals surface area (Å²) >= 11 is 0. The fourth-order valence-electron chi connectivity index (χ4n) is 2.16. The van der Waals surface area contributed by atoms with Gasteiger partial charge in [0.25, 0.3) is 0 Å². The van der Waals surface area contributed by atoms with Gasteiger partial charge in [-0.1, -0.05) is 6.07 Å². The van der Waals surface area contributed by atoms with Crippen LogP contribution in [0.5, 0.6) is 11.5 Å². The fraction of sp³-hybridized carbons (Fsp3) is 0.529. The maximum absolute atomic E-state index is 11.7. The lowest BCUT2D eigenvalue weighted by Crippen LogP contribution is -2.28. The second kappa shape index (κ2) is 10.5. The van der Waals surface area contributed by atoms with Crippen molar-refractivity contribution in [3.63, 3.8) is 0 Å². The van der Waals surface area contributed by atoms with Crippen LogP contribution in [0.2, 0.25) is 0 Å². The van der Waals surface area contributed by atoms with Crippen LogP contribution in [-0.4, -0.2) is 39.1 Å². The summed E-state index contributed by atoms with van der Waals surface area (Å²) in [6.45, 7) is 2.64. The van der Waals surface area contributed by atoms with Crippen LogP contribution < -0.4 is 20.1 Å². The zero-order valence-corrected chi connectivity index (χ0v) is 14.1. The lowest BCUT2D eigenvalue weighted by Gasteiger charge is -2.09. The Balaban J connectivity index is 2.23. The molecule has 0 heterocycles. The number of methoxy groups -OCH3 is 2. The molecule has 6 heteroatoms. The highest BCUT2D eigenvalue weighted by Gasteiger charge is 2.06. The minimum absolute atomic E-state index is 0.0355. The Morgan fingerprint density at radius 2 is 1.70 bits per heavy atom. The van der Waals surface area contributed by atoms with E-state index in [-0.39, 0.29) is 11.8 Å². The summed E-state index contributed by atoms with van der Waals surface area (Å²) in [7, 11) is 3.21. The van der Waals surface area contributed by atoms with Crippen LogP contribution in [0.15, 0.2) is 18.2 Å². The van der Waals surface area contributed by atoms with Gasteiger partial charge in [-0.15, -0.1) is 0 Å². The van der Waals surface area contributed by atoms with Crippen LogP contribution >= 0.6 is 0 Å². The summed E-state index contributed by atoms with van der Waals surface area (Å²) in [5.41, 5.74) is 1.11. The molecule has 0 aromatic heterocycles. The lowest BCUT2D eigenvalue weighted by molar-refractivity contribution is -0.121. The van der Waals surface area contributed by atoms with Gasteiger partial charge in [0.1, 0.15) is 0 Å². The average Bonchev–Trinajstić information content (AvgIpc) is 2.54. The Bertz CT molecular complexity index is 517. The zero-order valence-electron chi connectivity index (χ0n) is 14.1. The van der Waals surface area contributed by atoms with Gasteiger partial charge in [0, 0.05) is 26.4 Å². The number of rotatable bonds is 10. The first kappa shape index (κ1) is 18.8. The number of hydrogen-bond acceptors (Lipinski definition) is 4. The SMILES string of the molecule is COc1ccc(CCCC(=O)NCCCNC(C)=O)cc1OC. The molecule has 6 nitrogen and oxygen atoms in total. The van der Waals surface area contributed by atoms with E-state index in [0.29, 0.717) is 31.0 Å². The first-order valence-corrected chi connectivity index (χ1v) is 7.79. The summed E-state index contributed by atoms with van der Waals surface area (Å²) in [5.74, 6) is 1.39. The van der Waals surface area contributed by atoms with Gasteiger partial charge in [-0.25, -0.2) is 0 Å². The highest BCUT2D eigenvalue weighted by Crippen LogP contribution is 2.28. The average molecular weight is 322 g/mol. The number of aryl methyl sites for hydroxylation is 1. The van der Waals surface area contributed by atoms with Gasteiger partial charge in [-0.2, -0.15) is 0 Å². The number of hydrogen-bond donors (Lipinski definition) is 2. The number of carbonyl (C=O) groups excluding carboxylic acids is 2. The maximum atomic E-state index is 11.7. The number of nitrogens with one attached hydrogen (secondary N) is 2. The first-order valence-electron chi connectivity index (χ1n) is 7.79. The minimum atomic E-state index is -0.0498. The number of benzene rings is 1. The standard InChI is InChI=1S/C17H26N2O4/c1-13(20)18-10-5-11-19-17(21)7-4-6-14-8-9-15(22-2)16(12-14)23-3/h8-9,12H,4-7,10-11H2,1-3H3,(H,18,20)(H,19,21). The summed E-state index contributed by atoms with van der Waals surface area (Å²) in [5, 5.41) is 5.54. The third-order valence-corrected chi connectivity index (χ3v) is 3.37. The highest BCUT2D eigenvalue weighted by atomic mass is 16.5. The Morgan fingerprint density at radius 1 is 1.00 bits per heavy atom. The smallest absolute Gasteiger partial charge is 0.220 e. The van der Waals surface area contributed by atoms with Crippen molar-refractivity contribution < 1.29 is 19.1 Å². The summed E-state index contributed by atoms with van der Waals surface area (Å²) in [6, 6.07) is 5.78. The van der Waals surface area contributed by atoms with Gasteiger partial charge in [-0.3, -0.25) is 9.59 Å². The predicted octanol–water partition coefficient (Wildman–Crippen LogP) is 1.67. The van der Waals surface area contributed by atoms with Crippen molar-refractivity contribution in [2.75, 3.05) is 27.3 Å². The largest absolute Gasteiger partial charge is 0.493 e. The van der Waals surface area contributed by atoms with Crippen molar-refractivity contribution in [2.24, 2.45) is 0 Å². The fourth-order valence-corrected chi connectivity index (χ4v) is 2.16. The predicted molar refractivity (Wildman–Crippen MR) is 88.8 cm³/mol. The van der Waals surface area contributed by atoms with Gasteiger partial charge in [0.05, 0.1) is 14.2 Å². The normalized spacial score (nSPS) is 10.0. The molecule has 23 heavy (non-hydrogen) atoms. The van der Waals surface area contributed by atoms with Gasteiger partial charge in [0.2, 0.25) is 11.8 Å². The Kier molecular flexibility index (Phi) is 8.57. The van der Waals surface area contributed by atoms with Crippen LogP contribution in [0, 0.1) is 0 Å². The molecule has 0 aliphatic carbocycles. The number of amides is 2. The van der Waals surface area contributed by atoms with E-state index < -0.39 is 0 Å². The van der Waals surface area contributed by atoms with E-state index in [1.165, 1.54) is 6.92 Å². The maximum Gasteiger partial charge on any atom is 0.220 e. The molecule has 0 atom stereocenters. The summed E-state index contributed by atoms with van der Waals surface area (Å²) in [6.07, 6.45) is 2.79. The molecule has 0 saturated heterocycles. The zero-order chi connectivity index (χ0) is 17.1. The van der Waals surface area contributed by atoms with Crippen LogP contribution in [-0.2, 0) is 16.0 Å². The topological polar surface area (TPSA) is 76.7 Å². The van der Waals surface area contributed by atoms with E-state index in [4.69, 9.17) is 9.47 Å². The molecular formula is C17H26N2O4. The molecule has 0 bridgehead atoms. The first-order chi connectivity index (χ1) is 11.1. The molecule has 0 aliphatic heterocycles. The molecule has 0 aliphatic rings. The van der Waals surface area contributed by atoms with E-state index in [0.717, 1.165) is 24.8 Å². The molecular weight excluding hydrogens is 296 g/mol. The van der Waals surface area contributed by atoms with Crippen LogP contribution in [0.1, 0.15) is 31.7 Å². The lowest BCUT2D eigenvalue weighted by atomic mass is 10.1. The van der Waals surface area contributed by atoms with Crippen LogP contribution in [0.25, 0.3) is 0 Å². The molecule has 1 aromatic rings. The van der Waals surface area contributed by atoms with Crippen molar-refractivity contribution in [2.45, 2.75) is 32.6 Å². The van der Waals surface area contributed by atoms with Crippen LogP contribution in [0.4, 0.5) is 0 Å². The van der Waals surface area contributed by atoms with Crippen molar-refractivity contribution >= 4 is 11.8 Å². The summed E-state index contributed by atoms with van der Waals surface area (Å²) < 4.78 is 10.5. The molecule has 128 valence electrons. The van der Waals surface area contributed by atoms with Gasteiger partial charge < -0.3 is 20.1 Å². The van der Waals surface area contributed by atoms with E-state index in [2.05, 4.69) is 10.6 Å². The Labute approximate surface area is 137 Å². The molecule has 1 rings (SSSR count). The molecule has 0 unspecified atom stereocenters. The number of carbonyl (C=O) groups is 2. The van der Waals surface area contributed by atoms with E-state index in [1.54, 1.807) is 14.2 Å². The van der Waals surface area contributed by atoms with E-state index in [1.807, 2.05) is 18.2 Å². The molecule has 0 fully saturated rings. The van der Waals surface area contributed by atoms with Gasteiger partial charge in [0.15, 0.2) is 11.5 Å². The highest BCUT2D eigenvalue weighted by molar-refractivity contribution is 5.75. The van der Waals surface area contributed by atoms with Gasteiger partial charge >= 0.3 is 0 Å². The Hall–Kier alpha value is -2.24. The van der Waals surface area contributed by atoms with Crippen molar-refractivity contribution in [3.05, 3.63) is 23.8 Å². The quantitative estimate of drug-likeness (QED) is 0.643. The van der Waals surface area contributed by atoms with Crippen LogP contribution in [0.3, 0.4) is 0 Å². The molecule has 0 radical (unpaired) electrons. The van der Waals surface area contributed by atoms with E-state index >= 15 is 0 Å². The molecule has 2 amide bonds. The van der Waals surface area contributed by atoms with Gasteiger partial charge in [-0.05, 0) is 37.0 Å². The van der Waals surface area contributed by atoms with E-state index in [9.17, 15) is 9.59 Å². The second-order valence-corrected chi connectivity index (χ2v) is 5.23. The Morgan fingerprint density at radius 3 is 2.35 bits per heavy atom. The number of ether oxygens (including phenoxy) is 2. The second-order valence-electron chi connectivity index (χ2n) is 5.23. The molecule has 0 spiro atoms. The van der Waals surface area contributed by atoms with Crippen molar-refractivity contribution in [1.29, 1.82) is 0 Å². The molecule has 1 aromatic carbocycles. The molecule has 2 N–H and O–H groups in total. The molecule has 0 saturated carbocycles. The van der Waals surface area contributed by atoms with Crippen molar-refractivity contribution in [3.8, 4) is 11.5 Å².